The fourth-order valence-electron chi connectivity index (χ4n) is 3.50. The summed E-state index contributed by atoms with van der Waals surface area (Å²) in [5.41, 5.74) is 12.4. The molecular formula is C27H32N2O2S. The lowest BCUT2D eigenvalue weighted by molar-refractivity contribution is 0.354. The fraction of sp³-hybridized carbons (Fsp3) is 0.370. The van der Waals surface area contributed by atoms with Crippen molar-refractivity contribution in [3.63, 3.8) is 0 Å². The van der Waals surface area contributed by atoms with Crippen LogP contribution in [0.15, 0.2) is 58.5 Å². The van der Waals surface area contributed by atoms with Gasteiger partial charge < -0.3 is 14.9 Å². The molecule has 2 heterocycles. The summed E-state index contributed by atoms with van der Waals surface area (Å²) in [5.74, 6) is 2.24. The summed E-state index contributed by atoms with van der Waals surface area (Å²) >= 11 is 1.72. The summed E-state index contributed by atoms with van der Waals surface area (Å²) in [6.07, 6.45) is 4.16. The summed E-state index contributed by atoms with van der Waals surface area (Å²) in [7, 11) is 0. The lowest BCUT2D eigenvalue weighted by Crippen LogP contribution is -2.12. The maximum absolute atomic E-state index is 6.22. The molecule has 0 radical (unpaired) electrons. The van der Waals surface area contributed by atoms with Crippen LogP contribution in [0.5, 0.6) is 5.75 Å². The van der Waals surface area contributed by atoms with E-state index in [0.29, 0.717) is 18.2 Å². The number of rotatable bonds is 4. The number of fused-ring (bicyclic) bond motifs is 1. The number of hydrogen-bond donors (Lipinski definition) is 1. The number of nitrogens with two attached hydrogens (primary N) is 1. The number of ether oxygens (including phenoxy) is 1. The van der Waals surface area contributed by atoms with Gasteiger partial charge >= 0.3 is 0 Å². The van der Waals surface area contributed by atoms with E-state index in [4.69, 9.17) is 19.9 Å². The minimum Gasteiger partial charge on any atom is -0.487 e. The number of allylic oxidation sites excluding steroid dienone is 2. The van der Waals surface area contributed by atoms with E-state index in [1.54, 1.807) is 11.8 Å². The van der Waals surface area contributed by atoms with Gasteiger partial charge in [0.05, 0.1) is 10.6 Å². The molecule has 1 aromatic heterocycles. The molecule has 2 N–H and O–H groups in total. The molecule has 1 aliphatic heterocycles. The summed E-state index contributed by atoms with van der Waals surface area (Å²) in [4.78, 5) is 5.77. The van der Waals surface area contributed by atoms with E-state index >= 15 is 0 Å². The molecule has 0 saturated heterocycles. The maximum atomic E-state index is 6.22. The Morgan fingerprint density at radius 3 is 2.28 bits per heavy atom. The number of benzene rings is 2. The van der Waals surface area contributed by atoms with Gasteiger partial charge in [0.25, 0.3) is 0 Å². The van der Waals surface area contributed by atoms with Gasteiger partial charge in [-0.25, -0.2) is 4.98 Å². The number of hydrogen-bond acceptors (Lipinski definition) is 5. The first-order valence-electron chi connectivity index (χ1n) is 11.0. The van der Waals surface area contributed by atoms with Gasteiger partial charge in [0.2, 0.25) is 5.89 Å². The monoisotopic (exact) mass is 448 g/mol. The van der Waals surface area contributed by atoms with Crippen LogP contribution in [0.2, 0.25) is 0 Å². The molecule has 0 saturated carbocycles. The Kier molecular flexibility index (Phi) is 5.89. The number of thioether (sulfide) groups is 1. The zero-order chi connectivity index (χ0) is 23.1. The molecular weight excluding hydrogens is 416 g/mol. The zero-order valence-corrected chi connectivity index (χ0v) is 20.6. The van der Waals surface area contributed by atoms with E-state index in [2.05, 4.69) is 71.9 Å². The molecule has 5 heteroatoms. The van der Waals surface area contributed by atoms with Crippen molar-refractivity contribution in [1.82, 2.24) is 4.98 Å². The molecule has 0 spiro atoms. The van der Waals surface area contributed by atoms with E-state index in [1.807, 2.05) is 18.2 Å². The van der Waals surface area contributed by atoms with Gasteiger partial charge in [-0.2, -0.15) is 0 Å². The van der Waals surface area contributed by atoms with E-state index in [9.17, 15) is 0 Å². The normalized spacial score (nSPS) is 14.9. The molecule has 0 bridgehead atoms. The van der Waals surface area contributed by atoms with Gasteiger partial charge in [-0.05, 0) is 57.9 Å². The molecule has 0 unspecified atom stereocenters. The summed E-state index contributed by atoms with van der Waals surface area (Å²) in [6.45, 7) is 13.7. The van der Waals surface area contributed by atoms with Gasteiger partial charge in [-0.15, -0.1) is 11.8 Å². The quantitative estimate of drug-likeness (QED) is 0.431. The second-order valence-electron chi connectivity index (χ2n) is 10.4. The van der Waals surface area contributed by atoms with Crippen molar-refractivity contribution in [3.05, 3.63) is 71.1 Å². The number of nitrogen functional groups attached to an aromatic ring is 1. The van der Waals surface area contributed by atoms with Crippen LogP contribution in [-0.2, 0) is 10.8 Å². The highest BCUT2D eigenvalue weighted by Gasteiger charge is 2.19. The van der Waals surface area contributed by atoms with Crippen molar-refractivity contribution in [2.75, 3.05) is 18.1 Å². The van der Waals surface area contributed by atoms with Gasteiger partial charge in [0, 0.05) is 5.75 Å². The highest BCUT2D eigenvalue weighted by molar-refractivity contribution is 8.08. The Morgan fingerprint density at radius 2 is 1.66 bits per heavy atom. The van der Waals surface area contributed by atoms with Crippen LogP contribution in [0.3, 0.4) is 0 Å². The molecule has 1 aliphatic rings. The zero-order valence-electron chi connectivity index (χ0n) is 19.8. The Bertz CT molecular complexity index is 1210. The first-order valence-corrected chi connectivity index (χ1v) is 12.0. The number of anilines is 1. The molecule has 2 aromatic carbocycles. The van der Waals surface area contributed by atoms with E-state index < -0.39 is 0 Å². The van der Waals surface area contributed by atoms with Crippen LogP contribution in [-0.4, -0.2) is 17.3 Å². The second kappa shape index (κ2) is 8.36. The summed E-state index contributed by atoms with van der Waals surface area (Å²) in [6, 6.07) is 12.3. The first kappa shape index (κ1) is 22.5. The molecule has 0 amide bonds. The summed E-state index contributed by atoms with van der Waals surface area (Å²) in [5, 5.41) is 0. The van der Waals surface area contributed by atoms with E-state index in [-0.39, 0.29) is 10.8 Å². The number of aromatic nitrogens is 1. The van der Waals surface area contributed by atoms with Crippen molar-refractivity contribution < 1.29 is 9.15 Å². The SMILES string of the molecule is CC(C)(C)c1ccc(OCC2=CC=C(c3nc4cc(C(C)(C)C)ccc4o3)SC2)c(N)c1. The molecule has 3 aromatic rings. The van der Waals surface area contributed by atoms with Crippen molar-refractivity contribution in [2.24, 2.45) is 0 Å². The molecule has 168 valence electrons. The van der Waals surface area contributed by atoms with Crippen LogP contribution in [0, 0.1) is 0 Å². The average Bonchev–Trinajstić information content (AvgIpc) is 3.15. The summed E-state index contributed by atoms with van der Waals surface area (Å²) < 4.78 is 12.0. The van der Waals surface area contributed by atoms with Crippen LogP contribution < -0.4 is 10.5 Å². The molecule has 4 rings (SSSR count). The van der Waals surface area contributed by atoms with Crippen molar-refractivity contribution in [1.29, 1.82) is 0 Å². The van der Waals surface area contributed by atoms with Gasteiger partial charge in [-0.3, -0.25) is 0 Å². The topological polar surface area (TPSA) is 61.3 Å². The Balaban J connectivity index is 1.46. The lowest BCUT2D eigenvalue weighted by Gasteiger charge is -2.21. The van der Waals surface area contributed by atoms with Crippen LogP contribution >= 0.6 is 11.8 Å². The minimum absolute atomic E-state index is 0.0649. The third-order valence-electron chi connectivity index (χ3n) is 5.64. The Morgan fingerprint density at radius 1 is 0.969 bits per heavy atom. The lowest BCUT2D eigenvalue weighted by atomic mass is 9.87. The van der Waals surface area contributed by atoms with Gasteiger partial charge in [-0.1, -0.05) is 59.8 Å². The predicted molar refractivity (Wildman–Crippen MR) is 136 cm³/mol. The van der Waals surface area contributed by atoms with Crippen LogP contribution in [0.25, 0.3) is 16.0 Å². The highest BCUT2D eigenvalue weighted by Crippen LogP contribution is 2.35. The third-order valence-corrected chi connectivity index (χ3v) is 6.77. The molecule has 4 nitrogen and oxygen atoms in total. The number of nitrogens with zero attached hydrogens (tertiary/aromatic N) is 1. The van der Waals surface area contributed by atoms with Crippen molar-refractivity contribution in [2.45, 2.75) is 52.4 Å². The number of oxazole rings is 1. The highest BCUT2D eigenvalue weighted by atomic mass is 32.2. The van der Waals surface area contributed by atoms with Crippen molar-refractivity contribution >= 4 is 33.5 Å². The fourth-order valence-corrected chi connectivity index (χ4v) is 4.39. The smallest absolute Gasteiger partial charge is 0.233 e. The third kappa shape index (κ3) is 4.88. The molecule has 0 atom stereocenters. The predicted octanol–water partition coefficient (Wildman–Crippen LogP) is 7.10. The van der Waals surface area contributed by atoms with Crippen LogP contribution in [0.1, 0.15) is 58.6 Å². The standard InChI is InChI=1S/C27H32N2O2S/c1-26(2,3)18-8-10-22(20(28)13-18)30-15-17-7-12-24(32-16-17)25-29-21-14-19(27(4,5)6)9-11-23(21)31-25/h7-14H,15-16,28H2,1-6H3. The van der Waals surface area contributed by atoms with Crippen LogP contribution in [0.4, 0.5) is 5.69 Å². The van der Waals surface area contributed by atoms with Gasteiger partial charge in [0.15, 0.2) is 5.58 Å². The maximum Gasteiger partial charge on any atom is 0.233 e. The average molecular weight is 449 g/mol. The van der Waals surface area contributed by atoms with Gasteiger partial charge in [0.1, 0.15) is 17.9 Å². The second-order valence-corrected chi connectivity index (χ2v) is 11.4. The van der Waals surface area contributed by atoms with Crippen molar-refractivity contribution in [3.8, 4) is 5.75 Å². The minimum atomic E-state index is 0.0649. The largest absolute Gasteiger partial charge is 0.487 e. The van der Waals surface area contributed by atoms with E-state index in [0.717, 1.165) is 27.5 Å². The molecule has 0 aliphatic carbocycles. The Labute approximate surface area is 194 Å². The molecule has 0 fully saturated rings. The first-order chi connectivity index (χ1) is 15.0. The van der Waals surface area contributed by atoms with E-state index in [1.165, 1.54) is 16.7 Å². The Hall–Kier alpha value is -2.66. The molecule has 32 heavy (non-hydrogen) atoms.